The summed E-state index contributed by atoms with van der Waals surface area (Å²) in [6, 6.07) is 2.11. The number of aromatic nitrogens is 2. The van der Waals surface area contributed by atoms with Crippen molar-refractivity contribution in [2.24, 2.45) is 5.92 Å². The Kier molecular flexibility index (Phi) is 2.63. The molecule has 2 aromatic rings. The van der Waals surface area contributed by atoms with Gasteiger partial charge in [0.25, 0.3) is 0 Å². The summed E-state index contributed by atoms with van der Waals surface area (Å²) in [7, 11) is 0. The lowest BCUT2D eigenvalue weighted by molar-refractivity contribution is 0.292. The molecule has 0 aromatic carbocycles. The first-order chi connectivity index (χ1) is 8.26. The Morgan fingerprint density at radius 3 is 3.00 bits per heavy atom. The fraction of sp³-hybridized carbons (Fsp3) is 0.500. The van der Waals surface area contributed by atoms with Gasteiger partial charge in [0.15, 0.2) is 0 Å². The molecule has 0 unspecified atom stereocenters. The Morgan fingerprint density at radius 1 is 1.47 bits per heavy atom. The van der Waals surface area contributed by atoms with E-state index in [9.17, 15) is 0 Å². The van der Waals surface area contributed by atoms with Crippen LogP contribution in [0.15, 0.2) is 6.07 Å². The van der Waals surface area contributed by atoms with Crippen LogP contribution in [0.4, 0.5) is 5.95 Å². The molecule has 5 heteroatoms. The van der Waals surface area contributed by atoms with E-state index < -0.39 is 0 Å². The van der Waals surface area contributed by atoms with Gasteiger partial charge in [-0.1, -0.05) is 6.92 Å². The van der Waals surface area contributed by atoms with Gasteiger partial charge in [0, 0.05) is 4.88 Å². The summed E-state index contributed by atoms with van der Waals surface area (Å²) < 4.78 is 5.76. The van der Waals surface area contributed by atoms with Crippen molar-refractivity contribution in [2.75, 3.05) is 12.3 Å². The van der Waals surface area contributed by atoms with E-state index in [-0.39, 0.29) is 0 Å². The molecule has 1 saturated carbocycles. The number of aryl methyl sites for hydroxylation is 1. The maximum Gasteiger partial charge on any atom is 0.227 e. The monoisotopic (exact) mass is 249 g/mol. The number of ether oxygens (including phenoxy) is 1. The molecule has 90 valence electrons. The van der Waals surface area contributed by atoms with Crippen LogP contribution in [0.1, 0.15) is 24.6 Å². The van der Waals surface area contributed by atoms with Gasteiger partial charge in [-0.05, 0) is 31.2 Å². The molecule has 0 amide bonds. The Hall–Kier alpha value is -1.36. The van der Waals surface area contributed by atoms with E-state index in [0.717, 1.165) is 23.2 Å². The van der Waals surface area contributed by atoms with Crippen LogP contribution < -0.4 is 10.5 Å². The highest BCUT2D eigenvalue weighted by molar-refractivity contribution is 7.18. The van der Waals surface area contributed by atoms with E-state index in [1.165, 1.54) is 17.7 Å². The number of hydrogen-bond acceptors (Lipinski definition) is 5. The average Bonchev–Trinajstić information content (AvgIpc) is 3.04. The SMILES string of the molecule is CCc1cc2c(OCC3CC3)nc(N)nc2s1. The lowest BCUT2D eigenvalue weighted by Gasteiger charge is -2.05. The first kappa shape index (κ1) is 10.8. The first-order valence-electron chi connectivity index (χ1n) is 5.95. The molecular weight excluding hydrogens is 234 g/mol. The van der Waals surface area contributed by atoms with Crippen molar-refractivity contribution in [3.05, 3.63) is 10.9 Å². The maximum absolute atomic E-state index is 5.76. The van der Waals surface area contributed by atoms with Crippen LogP contribution in [0.5, 0.6) is 5.88 Å². The number of nitrogens with zero attached hydrogens (tertiary/aromatic N) is 2. The van der Waals surface area contributed by atoms with Crippen molar-refractivity contribution >= 4 is 27.5 Å². The van der Waals surface area contributed by atoms with Gasteiger partial charge in [-0.25, -0.2) is 4.98 Å². The second-order valence-corrected chi connectivity index (χ2v) is 5.54. The third-order valence-electron chi connectivity index (χ3n) is 2.93. The van der Waals surface area contributed by atoms with Crippen LogP contribution in [0.3, 0.4) is 0 Å². The Labute approximate surface area is 104 Å². The van der Waals surface area contributed by atoms with E-state index >= 15 is 0 Å². The molecule has 0 spiro atoms. The van der Waals surface area contributed by atoms with Gasteiger partial charge < -0.3 is 10.5 Å². The lowest BCUT2D eigenvalue weighted by atomic mass is 10.3. The normalized spacial score (nSPS) is 15.4. The zero-order chi connectivity index (χ0) is 11.8. The predicted octanol–water partition coefficient (Wildman–Crippen LogP) is 2.62. The Balaban J connectivity index is 1.97. The van der Waals surface area contributed by atoms with Crippen LogP contribution in [-0.2, 0) is 6.42 Å². The number of hydrogen-bond donors (Lipinski definition) is 1. The molecule has 0 radical (unpaired) electrons. The smallest absolute Gasteiger partial charge is 0.227 e. The Bertz CT molecular complexity index is 548. The van der Waals surface area contributed by atoms with Gasteiger partial charge in [-0.3, -0.25) is 0 Å². The minimum Gasteiger partial charge on any atom is -0.477 e. The van der Waals surface area contributed by atoms with Crippen molar-refractivity contribution < 1.29 is 4.74 Å². The van der Waals surface area contributed by atoms with Crippen molar-refractivity contribution in [1.82, 2.24) is 9.97 Å². The lowest BCUT2D eigenvalue weighted by Crippen LogP contribution is -2.03. The molecule has 2 N–H and O–H groups in total. The van der Waals surface area contributed by atoms with Crippen molar-refractivity contribution in [3.8, 4) is 5.88 Å². The molecule has 0 atom stereocenters. The third-order valence-corrected chi connectivity index (χ3v) is 4.10. The number of rotatable bonds is 4. The molecule has 17 heavy (non-hydrogen) atoms. The highest BCUT2D eigenvalue weighted by Crippen LogP contribution is 2.33. The average molecular weight is 249 g/mol. The zero-order valence-corrected chi connectivity index (χ0v) is 10.6. The van der Waals surface area contributed by atoms with Gasteiger partial charge in [0.2, 0.25) is 11.8 Å². The third kappa shape index (κ3) is 2.20. The van der Waals surface area contributed by atoms with Crippen LogP contribution >= 0.6 is 11.3 Å². The molecule has 3 rings (SSSR count). The van der Waals surface area contributed by atoms with Gasteiger partial charge >= 0.3 is 0 Å². The number of anilines is 1. The number of nitrogens with two attached hydrogens (primary N) is 1. The van der Waals surface area contributed by atoms with E-state index in [1.807, 2.05) is 0 Å². The van der Waals surface area contributed by atoms with Crippen molar-refractivity contribution in [2.45, 2.75) is 26.2 Å². The summed E-state index contributed by atoms with van der Waals surface area (Å²) in [6.45, 7) is 2.88. The van der Waals surface area contributed by atoms with Crippen LogP contribution in [0.2, 0.25) is 0 Å². The van der Waals surface area contributed by atoms with Crippen molar-refractivity contribution in [3.63, 3.8) is 0 Å². The minimum atomic E-state index is 0.299. The summed E-state index contributed by atoms with van der Waals surface area (Å²) >= 11 is 1.66. The molecule has 2 aromatic heterocycles. The molecule has 1 fully saturated rings. The standard InChI is InChI=1S/C12H15N3OS/c1-2-8-5-9-10(16-6-7-3-4-7)14-12(13)15-11(9)17-8/h5,7H,2-4,6H2,1H3,(H2,13,14,15). The van der Waals surface area contributed by atoms with Gasteiger partial charge in [0.1, 0.15) is 4.83 Å². The van der Waals surface area contributed by atoms with Gasteiger partial charge in [0.05, 0.1) is 12.0 Å². The molecule has 4 nitrogen and oxygen atoms in total. The number of thiophene rings is 1. The molecule has 2 heterocycles. The minimum absolute atomic E-state index is 0.299. The quantitative estimate of drug-likeness (QED) is 0.904. The largest absolute Gasteiger partial charge is 0.477 e. The van der Waals surface area contributed by atoms with Gasteiger partial charge in [-0.2, -0.15) is 4.98 Å². The van der Waals surface area contributed by atoms with E-state index in [0.29, 0.717) is 17.7 Å². The summed E-state index contributed by atoms with van der Waals surface area (Å²) in [5.74, 6) is 1.66. The molecule has 1 aliphatic carbocycles. The maximum atomic E-state index is 5.76. The molecule has 1 aliphatic rings. The summed E-state index contributed by atoms with van der Waals surface area (Å²) in [6.07, 6.45) is 3.55. The zero-order valence-electron chi connectivity index (χ0n) is 9.77. The van der Waals surface area contributed by atoms with E-state index in [2.05, 4.69) is 23.0 Å². The van der Waals surface area contributed by atoms with Crippen LogP contribution in [-0.4, -0.2) is 16.6 Å². The van der Waals surface area contributed by atoms with E-state index in [1.54, 1.807) is 11.3 Å². The van der Waals surface area contributed by atoms with Gasteiger partial charge in [-0.15, -0.1) is 11.3 Å². The number of fused-ring (bicyclic) bond motifs is 1. The summed E-state index contributed by atoms with van der Waals surface area (Å²) in [5, 5.41) is 1.00. The second-order valence-electron chi connectivity index (χ2n) is 4.43. The molecule has 0 bridgehead atoms. The van der Waals surface area contributed by atoms with Crippen molar-refractivity contribution in [1.29, 1.82) is 0 Å². The fourth-order valence-corrected chi connectivity index (χ4v) is 2.69. The predicted molar refractivity (Wildman–Crippen MR) is 69.4 cm³/mol. The first-order valence-corrected chi connectivity index (χ1v) is 6.76. The molecule has 0 aliphatic heterocycles. The van der Waals surface area contributed by atoms with E-state index in [4.69, 9.17) is 10.5 Å². The molecule has 0 saturated heterocycles. The topological polar surface area (TPSA) is 61.0 Å². The molecular formula is C12H15N3OS. The highest BCUT2D eigenvalue weighted by atomic mass is 32.1. The summed E-state index contributed by atoms with van der Waals surface area (Å²) in [5.41, 5.74) is 5.70. The highest BCUT2D eigenvalue weighted by Gasteiger charge is 2.23. The van der Waals surface area contributed by atoms with Crippen LogP contribution in [0, 0.1) is 5.92 Å². The summed E-state index contributed by atoms with van der Waals surface area (Å²) in [4.78, 5) is 10.7. The van der Waals surface area contributed by atoms with Crippen LogP contribution in [0.25, 0.3) is 10.2 Å². The Morgan fingerprint density at radius 2 is 2.29 bits per heavy atom. The second kappa shape index (κ2) is 4.14. The fourth-order valence-electron chi connectivity index (χ4n) is 1.73. The number of nitrogen functional groups attached to an aromatic ring is 1.